The zero-order valence-electron chi connectivity index (χ0n) is 11.7. The maximum absolute atomic E-state index is 12.5. The van der Waals surface area contributed by atoms with Crippen LogP contribution < -0.4 is 5.32 Å². The Labute approximate surface area is 119 Å². The van der Waals surface area contributed by atoms with Crippen molar-refractivity contribution in [1.29, 1.82) is 0 Å². The highest BCUT2D eigenvalue weighted by atomic mass is 32.2. The topological polar surface area (TPSA) is 38.3 Å². The van der Waals surface area contributed by atoms with Crippen molar-refractivity contribution in [2.24, 2.45) is 0 Å². The molecule has 1 N–H and O–H groups in total. The monoisotopic (exact) mass is 279 g/mol. The van der Waals surface area contributed by atoms with Gasteiger partial charge in [0.15, 0.2) is 0 Å². The molecule has 0 saturated heterocycles. The van der Waals surface area contributed by atoms with Crippen LogP contribution in [0.25, 0.3) is 0 Å². The lowest BCUT2D eigenvalue weighted by Gasteiger charge is -2.30. The summed E-state index contributed by atoms with van der Waals surface area (Å²) in [4.78, 5) is 12.5. The number of hydrogen-bond donors (Lipinski definition) is 1. The molecule has 0 fully saturated rings. The lowest BCUT2D eigenvalue weighted by molar-refractivity contribution is -0.122. The van der Waals surface area contributed by atoms with E-state index in [9.17, 15) is 4.79 Å². The highest BCUT2D eigenvalue weighted by Crippen LogP contribution is 2.37. The number of nitrogens with one attached hydrogen (secondary N) is 1. The van der Waals surface area contributed by atoms with Crippen LogP contribution in [0.3, 0.4) is 0 Å². The minimum Gasteiger partial charge on any atom is -0.382 e. The van der Waals surface area contributed by atoms with Gasteiger partial charge in [-0.15, -0.1) is 11.8 Å². The number of hydrogen-bond acceptors (Lipinski definition) is 3. The fraction of sp³-hybridized carbons (Fsp3) is 0.533. The molecule has 1 aliphatic rings. The summed E-state index contributed by atoms with van der Waals surface area (Å²) in [6.45, 7) is 4.47. The van der Waals surface area contributed by atoms with Gasteiger partial charge in [-0.1, -0.05) is 24.3 Å². The largest absolute Gasteiger partial charge is 0.382 e. The smallest absolute Gasteiger partial charge is 0.238 e. The number of thioether (sulfide) groups is 1. The third-order valence-corrected chi connectivity index (χ3v) is 4.44. The molecule has 1 atom stereocenters. The molecule has 0 unspecified atom stereocenters. The number of carbonyl (C=O) groups is 1. The van der Waals surface area contributed by atoms with Crippen molar-refractivity contribution in [2.75, 3.05) is 19.5 Å². The Kier molecular flexibility index (Phi) is 4.53. The highest BCUT2D eigenvalue weighted by Gasteiger charge is 2.30. The predicted octanol–water partition coefficient (Wildman–Crippen LogP) is 2.56. The van der Waals surface area contributed by atoms with Gasteiger partial charge in [0, 0.05) is 7.11 Å². The molecule has 2 rings (SSSR count). The van der Waals surface area contributed by atoms with Gasteiger partial charge in [-0.25, -0.2) is 0 Å². The Morgan fingerprint density at radius 2 is 2.21 bits per heavy atom. The van der Waals surface area contributed by atoms with Crippen LogP contribution >= 0.6 is 11.8 Å². The van der Waals surface area contributed by atoms with Gasteiger partial charge in [-0.2, -0.15) is 0 Å². The van der Waals surface area contributed by atoms with Gasteiger partial charge < -0.3 is 10.1 Å². The molecule has 1 aromatic carbocycles. The van der Waals surface area contributed by atoms with E-state index in [1.54, 1.807) is 18.9 Å². The van der Waals surface area contributed by atoms with E-state index in [1.165, 1.54) is 5.56 Å². The molecule has 3 nitrogen and oxygen atoms in total. The molecule has 0 aliphatic carbocycles. The predicted molar refractivity (Wildman–Crippen MR) is 79.4 cm³/mol. The first-order chi connectivity index (χ1) is 9.03. The van der Waals surface area contributed by atoms with Crippen molar-refractivity contribution < 1.29 is 9.53 Å². The lowest BCUT2D eigenvalue weighted by Crippen LogP contribution is -2.48. The number of carbonyl (C=O) groups excluding carboxylic acids is 1. The Balaban J connectivity index is 2.13. The molecular formula is C15H21NO2S. The van der Waals surface area contributed by atoms with Crippen LogP contribution in [0.2, 0.25) is 0 Å². The Bertz CT molecular complexity index is 459. The summed E-state index contributed by atoms with van der Waals surface area (Å²) in [6.07, 6.45) is 1.05. The van der Waals surface area contributed by atoms with E-state index in [1.807, 2.05) is 26.0 Å². The van der Waals surface area contributed by atoms with Crippen LogP contribution in [0, 0.1) is 0 Å². The quantitative estimate of drug-likeness (QED) is 0.920. The lowest BCUT2D eigenvalue weighted by atomic mass is 10.00. The molecule has 0 saturated carbocycles. The number of rotatable bonds is 4. The number of benzene rings is 1. The highest BCUT2D eigenvalue weighted by molar-refractivity contribution is 8.00. The van der Waals surface area contributed by atoms with E-state index in [4.69, 9.17) is 4.74 Å². The molecule has 0 bridgehead atoms. The van der Waals surface area contributed by atoms with Crippen LogP contribution in [0.1, 0.15) is 30.2 Å². The molecule has 1 aromatic rings. The summed E-state index contributed by atoms with van der Waals surface area (Å²) in [6, 6.07) is 8.23. The SMILES string of the molecule is COCC(C)(C)NC(=O)[C@@H]1SCCc2ccccc21. The number of methoxy groups -OCH3 is 1. The van der Waals surface area contributed by atoms with Gasteiger partial charge in [-0.05, 0) is 37.1 Å². The number of aryl methyl sites for hydroxylation is 1. The third-order valence-electron chi connectivity index (χ3n) is 3.20. The zero-order chi connectivity index (χ0) is 13.9. The van der Waals surface area contributed by atoms with Crippen LogP contribution in [0.4, 0.5) is 0 Å². The minimum absolute atomic E-state index is 0.0826. The summed E-state index contributed by atoms with van der Waals surface area (Å²) in [7, 11) is 1.65. The fourth-order valence-electron chi connectivity index (χ4n) is 2.41. The molecule has 104 valence electrons. The number of fused-ring (bicyclic) bond motifs is 1. The normalized spacial score (nSPS) is 18.8. The van der Waals surface area contributed by atoms with Gasteiger partial charge in [0.25, 0.3) is 0 Å². The van der Waals surface area contributed by atoms with Crippen LogP contribution in [-0.4, -0.2) is 30.9 Å². The van der Waals surface area contributed by atoms with E-state index in [0.29, 0.717) is 6.61 Å². The van der Waals surface area contributed by atoms with E-state index < -0.39 is 0 Å². The molecule has 1 amide bonds. The van der Waals surface area contributed by atoms with Gasteiger partial charge in [-0.3, -0.25) is 4.79 Å². The standard InChI is InChI=1S/C15H21NO2S/c1-15(2,10-18-3)16-14(17)13-12-7-5-4-6-11(12)8-9-19-13/h4-7,13H,8-10H2,1-3H3,(H,16,17)/t13-/m1/s1. The maximum atomic E-state index is 12.5. The summed E-state index contributed by atoms with van der Waals surface area (Å²) >= 11 is 1.72. The van der Waals surface area contributed by atoms with Crippen molar-refractivity contribution in [3.05, 3.63) is 35.4 Å². The molecule has 0 aromatic heterocycles. The Hall–Kier alpha value is -1.00. The summed E-state index contributed by atoms with van der Waals surface area (Å²) in [5.41, 5.74) is 2.12. The minimum atomic E-state index is -0.335. The molecule has 1 aliphatic heterocycles. The molecular weight excluding hydrogens is 258 g/mol. The summed E-state index contributed by atoms with van der Waals surface area (Å²) in [5, 5.41) is 2.99. The first-order valence-corrected chi connectivity index (χ1v) is 7.59. The Morgan fingerprint density at radius 1 is 1.47 bits per heavy atom. The van der Waals surface area contributed by atoms with Gasteiger partial charge in [0.1, 0.15) is 5.25 Å². The second kappa shape index (κ2) is 5.97. The van der Waals surface area contributed by atoms with E-state index in [0.717, 1.165) is 17.7 Å². The first-order valence-electron chi connectivity index (χ1n) is 6.54. The Morgan fingerprint density at radius 3 is 2.95 bits per heavy atom. The maximum Gasteiger partial charge on any atom is 0.238 e. The third kappa shape index (κ3) is 3.51. The fourth-order valence-corrected chi connectivity index (χ4v) is 3.60. The molecule has 0 radical (unpaired) electrons. The second-order valence-corrected chi connectivity index (χ2v) is 6.72. The van der Waals surface area contributed by atoms with Gasteiger partial charge in [0.2, 0.25) is 5.91 Å². The van der Waals surface area contributed by atoms with Crippen LogP contribution in [0.15, 0.2) is 24.3 Å². The second-order valence-electron chi connectivity index (χ2n) is 5.51. The van der Waals surface area contributed by atoms with Crippen molar-refractivity contribution in [2.45, 2.75) is 31.1 Å². The van der Waals surface area contributed by atoms with E-state index >= 15 is 0 Å². The van der Waals surface area contributed by atoms with E-state index in [2.05, 4.69) is 17.4 Å². The molecule has 0 spiro atoms. The first kappa shape index (κ1) is 14.4. The van der Waals surface area contributed by atoms with Gasteiger partial charge in [0.05, 0.1) is 12.1 Å². The zero-order valence-corrected chi connectivity index (χ0v) is 12.5. The number of amides is 1. The van der Waals surface area contributed by atoms with Crippen molar-refractivity contribution in [3.8, 4) is 0 Å². The van der Waals surface area contributed by atoms with Crippen LogP contribution in [-0.2, 0) is 16.0 Å². The van der Waals surface area contributed by atoms with Crippen LogP contribution in [0.5, 0.6) is 0 Å². The van der Waals surface area contributed by atoms with Crippen molar-refractivity contribution in [1.82, 2.24) is 5.32 Å². The summed E-state index contributed by atoms with van der Waals surface area (Å²) < 4.78 is 5.14. The average molecular weight is 279 g/mol. The number of ether oxygens (including phenoxy) is 1. The van der Waals surface area contributed by atoms with Crippen molar-refractivity contribution >= 4 is 17.7 Å². The molecule has 4 heteroatoms. The average Bonchev–Trinajstić information content (AvgIpc) is 2.37. The molecule has 19 heavy (non-hydrogen) atoms. The summed E-state index contributed by atoms with van der Waals surface area (Å²) in [5.74, 6) is 1.08. The van der Waals surface area contributed by atoms with Crippen molar-refractivity contribution in [3.63, 3.8) is 0 Å². The van der Waals surface area contributed by atoms with Gasteiger partial charge >= 0.3 is 0 Å². The molecule has 1 heterocycles. The van der Waals surface area contributed by atoms with E-state index in [-0.39, 0.29) is 16.7 Å².